The van der Waals surface area contributed by atoms with E-state index >= 15 is 4.39 Å². The van der Waals surface area contributed by atoms with E-state index in [-0.39, 0.29) is 23.3 Å². The minimum atomic E-state index is -0.738. The number of amides is 2. The lowest BCUT2D eigenvalue weighted by Gasteiger charge is -2.32. The third-order valence-electron chi connectivity index (χ3n) is 5.57. The predicted octanol–water partition coefficient (Wildman–Crippen LogP) is 3.71. The van der Waals surface area contributed by atoms with Crippen molar-refractivity contribution in [1.29, 1.82) is 0 Å². The van der Waals surface area contributed by atoms with Gasteiger partial charge in [-0.25, -0.2) is 4.39 Å². The lowest BCUT2D eigenvalue weighted by atomic mass is 9.99. The van der Waals surface area contributed by atoms with Crippen LogP contribution in [0.5, 0.6) is 5.75 Å². The van der Waals surface area contributed by atoms with Crippen molar-refractivity contribution in [3.05, 3.63) is 83.4 Å². The highest BCUT2D eigenvalue weighted by atomic mass is 19.1. The maximum absolute atomic E-state index is 15.1. The Labute approximate surface area is 172 Å². The average molecular weight is 403 g/mol. The zero-order valence-electron chi connectivity index (χ0n) is 16.4. The van der Waals surface area contributed by atoms with E-state index < -0.39 is 18.0 Å². The summed E-state index contributed by atoms with van der Waals surface area (Å²) in [4.78, 5) is 32.5. The van der Waals surface area contributed by atoms with Gasteiger partial charge in [0.15, 0.2) is 11.9 Å². The summed E-state index contributed by atoms with van der Waals surface area (Å²) in [7, 11) is 1.51. The molecule has 0 fully saturated rings. The lowest BCUT2D eigenvalue weighted by Crippen LogP contribution is -2.42. The molecule has 2 aliphatic heterocycles. The molecule has 3 heterocycles. The molecule has 5 rings (SSSR count). The van der Waals surface area contributed by atoms with Crippen LogP contribution < -0.4 is 14.5 Å². The highest BCUT2D eigenvalue weighted by Crippen LogP contribution is 2.45. The van der Waals surface area contributed by atoms with Gasteiger partial charge in [0.1, 0.15) is 11.4 Å². The van der Waals surface area contributed by atoms with Gasteiger partial charge in [0.2, 0.25) is 0 Å². The average Bonchev–Trinajstić information content (AvgIpc) is 3.05. The second-order valence-electron chi connectivity index (χ2n) is 7.38. The fourth-order valence-corrected chi connectivity index (χ4v) is 4.19. The molecule has 0 spiro atoms. The number of hydrogen-bond acceptors (Lipinski definition) is 4. The van der Waals surface area contributed by atoms with Crippen LogP contribution >= 0.6 is 0 Å². The number of rotatable bonds is 2. The van der Waals surface area contributed by atoms with Crippen LogP contribution in [0.4, 0.5) is 15.8 Å². The number of anilines is 2. The smallest absolute Gasteiger partial charge is 0.267 e. The van der Waals surface area contributed by atoms with E-state index in [2.05, 4.69) is 4.98 Å². The van der Waals surface area contributed by atoms with E-state index in [4.69, 9.17) is 4.74 Å². The molecule has 3 aromatic rings. The highest BCUT2D eigenvalue weighted by molar-refractivity contribution is 6.12. The first-order valence-corrected chi connectivity index (χ1v) is 9.57. The number of carbonyl (C=O) groups is 2. The summed E-state index contributed by atoms with van der Waals surface area (Å²) in [5.74, 6) is -0.952. The number of benzene rings is 2. The molecule has 1 aromatic heterocycles. The van der Waals surface area contributed by atoms with Crippen molar-refractivity contribution in [3.8, 4) is 5.75 Å². The van der Waals surface area contributed by atoms with Gasteiger partial charge in [-0.15, -0.1) is 0 Å². The molecule has 2 unspecified atom stereocenters. The summed E-state index contributed by atoms with van der Waals surface area (Å²) in [6.07, 6.45) is 2.63. The zero-order chi connectivity index (χ0) is 21.0. The molecular formula is C23H18FN3O3. The maximum Gasteiger partial charge on any atom is 0.267 e. The highest BCUT2D eigenvalue weighted by Gasteiger charge is 2.40. The molecule has 2 aromatic carbocycles. The third kappa shape index (κ3) is 2.58. The Balaban J connectivity index is 1.68. The minimum absolute atomic E-state index is 0.0731. The second-order valence-corrected chi connectivity index (χ2v) is 7.38. The zero-order valence-corrected chi connectivity index (χ0v) is 16.4. The van der Waals surface area contributed by atoms with E-state index in [1.807, 2.05) is 18.2 Å². The summed E-state index contributed by atoms with van der Waals surface area (Å²) in [6, 6.07) is 13.5. The Hall–Kier alpha value is -3.74. The quantitative estimate of drug-likeness (QED) is 0.654. The van der Waals surface area contributed by atoms with Crippen molar-refractivity contribution in [3.63, 3.8) is 0 Å². The van der Waals surface area contributed by atoms with Crippen molar-refractivity contribution < 1.29 is 18.7 Å². The van der Waals surface area contributed by atoms with Crippen LogP contribution in [0, 0.1) is 5.82 Å². The lowest BCUT2D eigenvalue weighted by molar-refractivity contribution is -0.125. The Morgan fingerprint density at radius 1 is 1.10 bits per heavy atom. The molecule has 0 aliphatic carbocycles. The number of aromatic nitrogens is 1. The van der Waals surface area contributed by atoms with Crippen LogP contribution in [0.15, 0.2) is 60.9 Å². The maximum atomic E-state index is 15.1. The minimum Gasteiger partial charge on any atom is -0.478 e. The van der Waals surface area contributed by atoms with E-state index in [0.717, 1.165) is 11.1 Å². The molecule has 0 radical (unpaired) electrons. The molecule has 0 bridgehead atoms. The molecule has 150 valence electrons. The van der Waals surface area contributed by atoms with Crippen LogP contribution in [-0.2, 0) is 4.79 Å². The molecule has 30 heavy (non-hydrogen) atoms. The standard InChI is InChI=1S/C23H18FN3O3/c1-13-22(28)26(2)21-18(24)10-15(11-19(21)30-13)27-20(14-6-5-9-25-12-14)16-7-3-4-8-17(16)23(27)29/h3-13,20H,1-2H3. The van der Waals surface area contributed by atoms with Gasteiger partial charge in [-0.2, -0.15) is 0 Å². The molecule has 7 heteroatoms. The molecule has 0 saturated carbocycles. The first kappa shape index (κ1) is 18.3. The summed E-state index contributed by atoms with van der Waals surface area (Å²) >= 11 is 0. The van der Waals surface area contributed by atoms with Gasteiger partial charge >= 0.3 is 0 Å². The Kier molecular flexibility index (Phi) is 4.06. The summed E-state index contributed by atoms with van der Waals surface area (Å²) in [6.45, 7) is 1.61. The SMILES string of the molecule is CC1Oc2cc(N3C(=O)c4ccccc4C3c3cccnc3)cc(F)c2N(C)C1=O. The molecule has 0 saturated heterocycles. The van der Waals surface area contributed by atoms with Crippen molar-refractivity contribution in [1.82, 2.24) is 4.98 Å². The van der Waals surface area contributed by atoms with Gasteiger partial charge < -0.3 is 9.64 Å². The molecule has 2 amide bonds. The molecule has 2 aliphatic rings. The van der Waals surface area contributed by atoms with Crippen LogP contribution in [0.3, 0.4) is 0 Å². The van der Waals surface area contributed by atoms with Crippen molar-refractivity contribution in [2.75, 3.05) is 16.8 Å². The predicted molar refractivity (Wildman–Crippen MR) is 109 cm³/mol. The fourth-order valence-electron chi connectivity index (χ4n) is 4.19. The molecule has 0 N–H and O–H groups in total. The van der Waals surface area contributed by atoms with Gasteiger partial charge in [0.25, 0.3) is 11.8 Å². The number of pyridine rings is 1. The Morgan fingerprint density at radius 2 is 1.90 bits per heavy atom. The fraction of sp³-hybridized carbons (Fsp3) is 0.174. The van der Waals surface area contributed by atoms with E-state index in [1.54, 1.807) is 48.5 Å². The number of ether oxygens (including phenoxy) is 1. The van der Waals surface area contributed by atoms with Crippen LogP contribution in [0.1, 0.15) is 34.5 Å². The van der Waals surface area contributed by atoms with Crippen LogP contribution in [0.2, 0.25) is 0 Å². The van der Waals surface area contributed by atoms with Gasteiger partial charge in [-0.1, -0.05) is 24.3 Å². The van der Waals surface area contributed by atoms with Gasteiger partial charge in [0, 0.05) is 37.1 Å². The van der Waals surface area contributed by atoms with Crippen LogP contribution in [-0.4, -0.2) is 29.9 Å². The topological polar surface area (TPSA) is 62.7 Å². The largest absolute Gasteiger partial charge is 0.478 e. The summed E-state index contributed by atoms with van der Waals surface area (Å²) in [5, 5.41) is 0. The number of halogens is 1. The third-order valence-corrected chi connectivity index (χ3v) is 5.57. The van der Waals surface area contributed by atoms with E-state index in [1.165, 1.54) is 18.0 Å². The number of nitrogens with zero attached hydrogens (tertiary/aromatic N) is 3. The summed E-state index contributed by atoms with van der Waals surface area (Å²) in [5.41, 5.74) is 2.64. The van der Waals surface area contributed by atoms with E-state index in [9.17, 15) is 9.59 Å². The second kappa shape index (κ2) is 6.66. The number of carbonyl (C=O) groups excluding carboxylic acids is 2. The summed E-state index contributed by atoms with van der Waals surface area (Å²) < 4.78 is 20.8. The Morgan fingerprint density at radius 3 is 2.67 bits per heavy atom. The van der Waals surface area contributed by atoms with Crippen molar-refractivity contribution in [2.45, 2.75) is 19.1 Å². The molecular weight excluding hydrogens is 385 g/mol. The molecule has 2 atom stereocenters. The Bertz CT molecular complexity index is 1180. The number of fused-ring (bicyclic) bond motifs is 2. The van der Waals surface area contributed by atoms with Gasteiger partial charge in [-0.3, -0.25) is 19.5 Å². The first-order valence-electron chi connectivity index (χ1n) is 9.57. The normalized spacial score (nSPS) is 20.1. The van der Waals surface area contributed by atoms with Crippen molar-refractivity contribution >= 4 is 23.2 Å². The molecule has 6 nitrogen and oxygen atoms in total. The number of hydrogen-bond donors (Lipinski definition) is 0. The van der Waals surface area contributed by atoms with Gasteiger partial charge in [-0.05, 0) is 30.2 Å². The van der Waals surface area contributed by atoms with E-state index in [0.29, 0.717) is 11.3 Å². The number of likely N-dealkylation sites (N-methyl/N-ethyl adjacent to an activating group) is 1. The van der Waals surface area contributed by atoms with Gasteiger partial charge in [0.05, 0.1) is 11.7 Å². The first-order chi connectivity index (χ1) is 14.5. The monoisotopic (exact) mass is 403 g/mol. The van der Waals surface area contributed by atoms with Crippen LogP contribution in [0.25, 0.3) is 0 Å². The van der Waals surface area contributed by atoms with Crippen molar-refractivity contribution in [2.24, 2.45) is 0 Å².